The minimum atomic E-state index is 0.0707. The van der Waals surface area contributed by atoms with Crippen molar-refractivity contribution in [3.8, 4) is 6.07 Å². The van der Waals surface area contributed by atoms with E-state index in [1.165, 1.54) is 0 Å². The minimum Gasteiger partial charge on any atom is -0.467 e. The van der Waals surface area contributed by atoms with Crippen LogP contribution in [0.4, 0.5) is 5.69 Å². The van der Waals surface area contributed by atoms with Crippen LogP contribution in [0.1, 0.15) is 24.3 Å². The van der Waals surface area contributed by atoms with E-state index in [0.29, 0.717) is 5.56 Å². The topological polar surface area (TPSA) is 49.0 Å². The Kier molecular flexibility index (Phi) is 3.14. The lowest BCUT2D eigenvalue weighted by Crippen LogP contribution is -2.06. The van der Waals surface area contributed by atoms with Gasteiger partial charge in [-0.25, -0.2) is 0 Å². The fourth-order valence-electron chi connectivity index (χ4n) is 2.36. The molecule has 1 aromatic heterocycles. The van der Waals surface area contributed by atoms with Crippen molar-refractivity contribution < 1.29 is 4.42 Å². The highest BCUT2D eigenvalue weighted by molar-refractivity contribution is 5.97. The summed E-state index contributed by atoms with van der Waals surface area (Å²) in [6.45, 7) is 2.05. The molecule has 0 saturated carbocycles. The summed E-state index contributed by atoms with van der Waals surface area (Å²) >= 11 is 0. The van der Waals surface area contributed by atoms with Gasteiger partial charge in [0, 0.05) is 16.5 Å². The SMILES string of the molecule is CC(Nc1ccc(C#N)c2ccccc12)c1ccco1. The molecule has 1 atom stereocenters. The Labute approximate surface area is 117 Å². The highest BCUT2D eigenvalue weighted by Crippen LogP contribution is 2.29. The number of anilines is 1. The van der Waals surface area contributed by atoms with Gasteiger partial charge in [-0.2, -0.15) is 5.26 Å². The number of nitrogens with zero attached hydrogens (tertiary/aromatic N) is 1. The largest absolute Gasteiger partial charge is 0.467 e. The number of benzene rings is 2. The molecule has 0 spiro atoms. The molecule has 0 bridgehead atoms. The zero-order valence-corrected chi connectivity index (χ0v) is 11.1. The normalized spacial score (nSPS) is 12.0. The quantitative estimate of drug-likeness (QED) is 0.757. The molecule has 2 aromatic carbocycles. The molecule has 3 aromatic rings. The van der Waals surface area contributed by atoms with Gasteiger partial charge in [-0.15, -0.1) is 0 Å². The van der Waals surface area contributed by atoms with E-state index < -0.39 is 0 Å². The van der Waals surface area contributed by atoms with Crippen molar-refractivity contribution in [2.75, 3.05) is 5.32 Å². The predicted octanol–water partition coefficient (Wildman–Crippen LogP) is 4.48. The fraction of sp³-hybridized carbons (Fsp3) is 0.118. The summed E-state index contributed by atoms with van der Waals surface area (Å²) in [5.41, 5.74) is 1.69. The van der Waals surface area contributed by atoms with Crippen LogP contribution in [0, 0.1) is 11.3 Å². The first-order valence-corrected chi connectivity index (χ1v) is 6.51. The second kappa shape index (κ2) is 5.10. The van der Waals surface area contributed by atoms with E-state index in [4.69, 9.17) is 4.42 Å². The third-order valence-corrected chi connectivity index (χ3v) is 3.39. The molecule has 3 nitrogen and oxygen atoms in total. The maximum absolute atomic E-state index is 9.17. The lowest BCUT2D eigenvalue weighted by atomic mass is 10.0. The lowest BCUT2D eigenvalue weighted by Gasteiger charge is -2.15. The minimum absolute atomic E-state index is 0.0707. The Balaban J connectivity index is 2.03. The van der Waals surface area contributed by atoms with E-state index in [1.807, 2.05) is 55.5 Å². The molecule has 98 valence electrons. The molecule has 1 unspecified atom stereocenters. The van der Waals surface area contributed by atoms with E-state index in [1.54, 1.807) is 6.26 Å². The van der Waals surface area contributed by atoms with Crippen LogP contribution < -0.4 is 5.32 Å². The summed E-state index contributed by atoms with van der Waals surface area (Å²) in [5, 5.41) is 14.6. The van der Waals surface area contributed by atoms with E-state index in [2.05, 4.69) is 11.4 Å². The average molecular weight is 262 g/mol. The maximum atomic E-state index is 9.17. The van der Waals surface area contributed by atoms with E-state index >= 15 is 0 Å². The van der Waals surface area contributed by atoms with Gasteiger partial charge in [0.2, 0.25) is 0 Å². The number of fused-ring (bicyclic) bond motifs is 1. The summed E-state index contributed by atoms with van der Waals surface area (Å²) in [6, 6.07) is 17.8. The van der Waals surface area contributed by atoms with Gasteiger partial charge in [0.15, 0.2) is 0 Å². The van der Waals surface area contributed by atoms with Crippen LogP contribution in [0.3, 0.4) is 0 Å². The molecule has 0 aliphatic heterocycles. The standard InChI is InChI=1S/C17H14N2O/c1-12(17-7-4-10-20-17)19-16-9-8-13(11-18)14-5-2-3-6-15(14)16/h2-10,12,19H,1H3. The summed E-state index contributed by atoms with van der Waals surface area (Å²) in [6.07, 6.45) is 1.67. The molecular weight excluding hydrogens is 248 g/mol. The zero-order valence-electron chi connectivity index (χ0n) is 11.1. The van der Waals surface area contributed by atoms with Crippen LogP contribution in [0.25, 0.3) is 10.8 Å². The molecule has 0 amide bonds. The Morgan fingerprint density at radius 2 is 1.85 bits per heavy atom. The number of hydrogen-bond acceptors (Lipinski definition) is 3. The van der Waals surface area contributed by atoms with Gasteiger partial charge in [0.05, 0.1) is 23.9 Å². The van der Waals surface area contributed by atoms with Gasteiger partial charge in [0.25, 0.3) is 0 Å². The molecule has 0 aliphatic carbocycles. The van der Waals surface area contributed by atoms with Crippen molar-refractivity contribution in [1.82, 2.24) is 0 Å². The van der Waals surface area contributed by atoms with Crippen molar-refractivity contribution in [3.05, 3.63) is 66.1 Å². The van der Waals surface area contributed by atoms with Gasteiger partial charge in [-0.1, -0.05) is 24.3 Å². The monoisotopic (exact) mass is 262 g/mol. The van der Waals surface area contributed by atoms with Crippen molar-refractivity contribution in [2.45, 2.75) is 13.0 Å². The summed E-state index contributed by atoms with van der Waals surface area (Å²) in [5.74, 6) is 0.887. The smallest absolute Gasteiger partial charge is 0.125 e. The summed E-state index contributed by atoms with van der Waals surface area (Å²) in [7, 11) is 0. The van der Waals surface area contributed by atoms with Crippen molar-refractivity contribution in [1.29, 1.82) is 5.26 Å². The van der Waals surface area contributed by atoms with Gasteiger partial charge in [0.1, 0.15) is 5.76 Å². The number of hydrogen-bond donors (Lipinski definition) is 1. The molecule has 3 heteroatoms. The molecule has 20 heavy (non-hydrogen) atoms. The highest BCUT2D eigenvalue weighted by atomic mass is 16.3. The van der Waals surface area contributed by atoms with Gasteiger partial charge in [-0.3, -0.25) is 0 Å². The summed E-state index contributed by atoms with van der Waals surface area (Å²) < 4.78 is 5.41. The Hall–Kier alpha value is -2.73. The predicted molar refractivity (Wildman–Crippen MR) is 79.4 cm³/mol. The highest BCUT2D eigenvalue weighted by Gasteiger charge is 2.11. The van der Waals surface area contributed by atoms with Crippen molar-refractivity contribution in [3.63, 3.8) is 0 Å². The first-order valence-electron chi connectivity index (χ1n) is 6.51. The van der Waals surface area contributed by atoms with Crippen LogP contribution in [0.2, 0.25) is 0 Å². The van der Waals surface area contributed by atoms with E-state index in [0.717, 1.165) is 22.2 Å². The Bertz CT molecular complexity index is 769. The van der Waals surface area contributed by atoms with Gasteiger partial charge in [-0.05, 0) is 31.2 Å². The number of furan rings is 1. The second-order valence-corrected chi connectivity index (χ2v) is 4.70. The molecule has 0 aliphatic rings. The van der Waals surface area contributed by atoms with Crippen LogP contribution in [0.5, 0.6) is 0 Å². The Morgan fingerprint density at radius 1 is 1.05 bits per heavy atom. The van der Waals surface area contributed by atoms with E-state index in [9.17, 15) is 5.26 Å². The number of rotatable bonds is 3. The van der Waals surface area contributed by atoms with Crippen molar-refractivity contribution in [2.24, 2.45) is 0 Å². The second-order valence-electron chi connectivity index (χ2n) is 4.70. The molecule has 0 saturated heterocycles. The first-order chi connectivity index (χ1) is 9.79. The molecule has 0 fully saturated rings. The summed E-state index contributed by atoms with van der Waals surface area (Å²) in [4.78, 5) is 0. The number of nitriles is 1. The zero-order chi connectivity index (χ0) is 13.9. The third kappa shape index (κ3) is 2.12. The fourth-order valence-corrected chi connectivity index (χ4v) is 2.36. The molecular formula is C17H14N2O. The maximum Gasteiger partial charge on any atom is 0.125 e. The lowest BCUT2D eigenvalue weighted by molar-refractivity contribution is 0.491. The molecule has 3 rings (SSSR count). The van der Waals surface area contributed by atoms with Gasteiger partial charge < -0.3 is 9.73 Å². The van der Waals surface area contributed by atoms with Crippen LogP contribution in [-0.2, 0) is 0 Å². The van der Waals surface area contributed by atoms with Crippen molar-refractivity contribution >= 4 is 16.5 Å². The first kappa shape index (κ1) is 12.3. The molecule has 0 radical (unpaired) electrons. The molecule has 1 N–H and O–H groups in total. The van der Waals surface area contributed by atoms with Gasteiger partial charge >= 0.3 is 0 Å². The van der Waals surface area contributed by atoms with Crippen LogP contribution >= 0.6 is 0 Å². The Morgan fingerprint density at radius 3 is 2.55 bits per heavy atom. The third-order valence-electron chi connectivity index (χ3n) is 3.39. The van der Waals surface area contributed by atoms with Crippen LogP contribution in [-0.4, -0.2) is 0 Å². The van der Waals surface area contributed by atoms with E-state index in [-0.39, 0.29) is 6.04 Å². The van der Waals surface area contributed by atoms with Crippen LogP contribution in [0.15, 0.2) is 59.2 Å². The average Bonchev–Trinajstić information content (AvgIpc) is 3.02. The molecule has 1 heterocycles. The number of nitrogens with one attached hydrogen (secondary N) is 1.